The molecule has 0 amide bonds. The molecule has 1 radical (unpaired) electrons. The summed E-state index contributed by atoms with van der Waals surface area (Å²) in [5.41, 5.74) is 0. The van der Waals surface area contributed by atoms with Crippen molar-refractivity contribution in [3.05, 3.63) is 0 Å². The topological polar surface area (TPSA) is 57.2 Å². The molecule has 0 aromatic rings. The normalized spacial score (nSPS) is 6.60. The number of carbonyl (C=O) groups is 1. The van der Waals surface area contributed by atoms with Crippen LogP contribution in [0.3, 0.4) is 0 Å². The average molecular weight is 72.8 g/mol. The van der Waals surface area contributed by atoms with Gasteiger partial charge in [-0.3, -0.25) is 4.79 Å². The molecule has 0 unspecified atom stereocenters. The van der Waals surface area contributed by atoms with Gasteiger partial charge in [0.1, 0.15) is 0 Å². The van der Waals surface area contributed by atoms with E-state index in [-0.39, 0.29) is 0 Å². The first-order valence-electron chi connectivity index (χ1n) is 1.07. The average Bonchev–Trinajstić information content (AvgIpc) is 1.38. The zero-order chi connectivity index (χ0) is 4.28. The number of hydrogen-bond acceptors (Lipinski definition) is 1. The van der Waals surface area contributed by atoms with Gasteiger partial charge in [-0.25, -0.2) is 0 Å². The monoisotopic (exact) mass is 73.0 g/mol. The van der Waals surface area contributed by atoms with Gasteiger partial charge in [-0.2, -0.15) is 0 Å². The second kappa shape index (κ2) is 1.78. The Hall–Kier alpha value is -0.505. The fourth-order valence-electron chi connectivity index (χ4n) is 0. The van der Waals surface area contributed by atoms with Gasteiger partial charge in [0.15, 0.2) is 0 Å². The summed E-state index contributed by atoms with van der Waals surface area (Å²) in [5, 5.41) is 16.4. The maximum absolute atomic E-state index is 9.06. The van der Waals surface area contributed by atoms with Crippen LogP contribution in [0.1, 0.15) is 0 Å². The Kier molecular flexibility index (Phi) is 1.60. The summed E-state index contributed by atoms with van der Waals surface area (Å²) in [6.07, 6.45) is 0. The fourth-order valence-corrected chi connectivity index (χ4v) is 0. The molecule has 0 bridgehead atoms. The summed E-state index contributed by atoms with van der Waals surface area (Å²) in [7, 11) is -1.03. The largest absolute Gasteiger partial charge is 0.487 e. The number of carboxylic acid groups (broad SMARTS) is 1. The molecule has 4 heteroatoms. The summed E-state index contributed by atoms with van der Waals surface area (Å²) in [6.45, 7) is 0. The van der Waals surface area contributed by atoms with Crippen molar-refractivity contribution in [1.82, 2.24) is 0 Å². The maximum atomic E-state index is 9.06. The zero-order valence-electron chi connectivity index (χ0n) is 2.47. The quantitative estimate of drug-likeness (QED) is 0.423. The van der Waals surface area contributed by atoms with Crippen molar-refractivity contribution in [2.24, 2.45) is 0 Å². The molecular weight excluding hydrogens is 70.8 g/mol. The lowest BCUT2D eigenvalue weighted by molar-refractivity contribution is 0.215. The lowest BCUT2D eigenvalue weighted by atomic mass is 10.1. The van der Waals surface area contributed by atoms with Gasteiger partial charge >= 0.3 is 7.48 Å². The highest BCUT2D eigenvalue weighted by Crippen LogP contribution is 1.53. The van der Waals surface area contributed by atoms with E-state index in [0.29, 0.717) is 0 Å². The van der Waals surface area contributed by atoms with Gasteiger partial charge < -0.3 is 10.1 Å². The molecule has 0 aromatic heterocycles. The summed E-state index contributed by atoms with van der Waals surface area (Å²) < 4.78 is 0. The van der Waals surface area contributed by atoms with Crippen molar-refractivity contribution in [2.75, 3.05) is 0 Å². The SMILES string of the molecule is [O]BC(=O)O. The van der Waals surface area contributed by atoms with E-state index in [0.717, 1.165) is 0 Å². The first-order valence-corrected chi connectivity index (χ1v) is 1.07. The molecule has 0 aliphatic carbocycles. The number of hydrogen-bond donors (Lipinski definition) is 1. The third kappa shape index (κ3) is 3.49. The van der Waals surface area contributed by atoms with Crippen LogP contribution in [-0.2, 0) is 5.02 Å². The summed E-state index contributed by atoms with van der Waals surface area (Å²) >= 11 is 0. The standard InChI is InChI=1S/CH2BO3/c3-1(4)2-5/h2H,(H,3,4). The molecule has 5 heavy (non-hydrogen) atoms. The van der Waals surface area contributed by atoms with Gasteiger partial charge in [0.05, 0.1) is 0 Å². The van der Waals surface area contributed by atoms with E-state index in [2.05, 4.69) is 0 Å². The Labute approximate surface area is 29.5 Å². The van der Waals surface area contributed by atoms with E-state index in [4.69, 9.17) is 14.9 Å². The van der Waals surface area contributed by atoms with Crippen LogP contribution in [0.25, 0.3) is 0 Å². The van der Waals surface area contributed by atoms with Crippen molar-refractivity contribution >= 4 is 13.4 Å². The van der Waals surface area contributed by atoms with E-state index in [9.17, 15) is 0 Å². The molecule has 3 nitrogen and oxygen atoms in total. The highest BCUT2D eigenvalue weighted by atomic mass is 16.4. The van der Waals surface area contributed by atoms with E-state index in [1.807, 2.05) is 0 Å². The lowest BCUT2D eigenvalue weighted by Gasteiger charge is -1.66. The molecular formula is CH2BO3. The molecule has 0 saturated carbocycles. The zero-order valence-corrected chi connectivity index (χ0v) is 2.47. The van der Waals surface area contributed by atoms with Crippen LogP contribution in [0.4, 0.5) is 4.79 Å². The first kappa shape index (κ1) is 4.49. The van der Waals surface area contributed by atoms with Crippen molar-refractivity contribution in [2.45, 2.75) is 0 Å². The molecule has 0 aromatic carbocycles. The smallest absolute Gasteiger partial charge is 0.447 e. The Balaban J connectivity index is 2.85. The minimum Gasteiger partial charge on any atom is -0.487 e. The van der Waals surface area contributed by atoms with Crippen LogP contribution in [0.5, 0.6) is 0 Å². The molecule has 0 atom stereocenters. The predicted octanol–water partition coefficient (Wildman–Crippen LogP) is -0.554. The van der Waals surface area contributed by atoms with Crippen LogP contribution < -0.4 is 0 Å². The van der Waals surface area contributed by atoms with Gasteiger partial charge in [0.25, 0.3) is 5.87 Å². The second-order valence-electron chi connectivity index (χ2n) is 0.538. The van der Waals surface area contributed by atoms with E-state index in [1.165, 1.54) is 0 Å². The van der Waals surface area contributed by atoms with Crippen molar-refractivity contribution in [1.29, 1.82) is 0 Å². The molecule has 1 N–H and O–H groups in total. The van der Waals surface area contributed by atoms with Crippen LogP contribution >= 0.6 is 0 Å². The minimum atomic E-state index is -1.30. The van der Waals surface area contributed by atoms with E-state index < -0.39 is 13.4 Å². The maximum Gasteiger partial charge on any atom is 0.447 e. The Morgan fingerprint density at radius 2 is 2.00 bits per heavy atom. The molecule has 0 heterocycles. The number of rotatable bonds is 1. The van der Waals surface area contributed by atoms with Crippen molar-refractivity contribution < 1.29 is 14.9 Å². The lowest BCUT2D eigenvalue weighted by Crippen LogP contribution is -1.99. The second-order valence-corrected chi connectivity index (χ2v) is 0.538. The Morgan fingerprint density at radius 1 is 1.80 bits per heavy atom. The third-order valence-corrected chi connectivity index (χ3v) is 0.123. The van der Waals surface area contributed by atoms with Crippen molar-refractivity contribution in [3.63, 3.8) is 0 Å². The molecule has 0 spiro atoms. The van der Waals surface area contributed by atoms with Crippen LogP contribution in [0.15, 0.2) is 0 Å². The van der Waals surface area contributed by atoms with E-state index >= 15 is 0 Å². The van der Waals surface area contributed by atoms with Gasteiger partial charge in [-0.1, -0.05) is 0 Å². The molecule has 0 aliphatic heterocycles. The van der Waals surface area contributed by atoms with E-state index in [1.54, 1.807) is 0 Å². The van der Waals surface area contributed by atoms with Crippen LogP contribution in [0, 0.1) is 0 Å². The minimum absolute atomic E-state index is 1.03. The highest BCUT2D eigenvalue weighted by molar-refractivity contribution is 6.64. The summed E-state index contributed by atoms with van der Waals surface area (Å²) in [5.74, 6) is -1.30. The van der Waals surface area contributed by atoms with Gasteiger partial charge in [-0.15, -0.1) is 0 Å². The van der Waals surface area contributed by atoms with Gasteiger partial charge in [0, 0.05) is 0 Å². The summed E-state index contributed by atoms with van der Waals surface area (Å²) in [6, 6.07) is 0. The van der Waals surface area contributed by atoms with Crippen LogP contribution in [-0.4, -0.2) is 18.5 Å². The predicted molar refractivity (Wildman–Crippen MR) is 15.9 cm³/mol. The molecule has 0 fully saturated rings. The van der Waals surface area contributed by atoms with Gasteiger partial charge in [0.2, 0.25) is 0 Å². The fraction of sp³-hybridized carbons (Fsp3) is 0. The first-order chi connectivity index (χ1) is 2.27. The van der Waals surface area contributed by atoms with Gasteiger partial charge in [-0.05, 0) is 0 Å². The Morgan fingerprint density at radius 3 is 2.00 bits per heavy atom. The van der Waals surface area contributed by atoms with Crippen LogP contribution in [0.2, 0.25) is 0 Å². The molecule has 0 rings (SSSR count). The molecule has 0 aliphatic rings. The highest BCUT2D eigenvalue weighted by Gasteiger charge is 1.92. The molecule has 27 valence electrons. The van der Waals surface area contributed by atoms with Crippen molar-refractivity contribution in [3.8, 4) is 0 Å². The third-order valence-electron chi connectivity index (χ3n) is 0.123. The molecule has 0 saturated heterocycles. The Bertz CT molecular complexity index is 42.2. The summed E-state index contributed by atoms with van der Waals surface area (Å²) in [4.78, 5) is 9.06.